The predicted molar refractivity (Wildman–Crippen MR) is 106 cm³/mol. The lowest BCUT2D eigenvalue weighted by Gasteiger charge is -2.44. The Hall–Kier alpha value is -1.87. The van der Waals surface area contributed by atoms with E-state index >= 15 is 0 Å². The number of aromatic nitrogens is 1. The second kappa shape index (κ2) is 8.24. The summed E-state index contributed by atoms with van der Waals surface area (Å²) in [5, 5.41) is 5.26. The van der Waals surface area contributed by atoms with Crippen molar-refractivity contribution < 1.29 is 18.7 Å². The van der Waals surface area contributed by atoms with Crippen molar-refractivity contribution in [2.45, 2.75) is 31.0 Å². The van der Waals surface area contributed by atoms with E-state index in [-0.39, 0.29) is 23.4 Å². The number of thiazole rings is 1. The maximum Gasteiger partial charge on any atom is 0.240 e. The van der Waals surface area contributed by atoms with Crippen LogP contribution in [0.2, 0.25) is 0 Å². The van der Waals surface area contributed by atoms with Gasteiger partial charge < -0.3 is 14.8 Å². The number of halogens is 1. The zero-order chi connectivity index (χ0) is 19.6. The van der Waals surface area contributed by atoms with Crippen molar-refractivity contribution in [1.29, 1.82) is 0 Å². The smallest absolute Gasteiger partial charge is 0.240 e. The van der Waals surface area contributed by atoms with Crippen molar-refractivity contribution >= 4 is 22.4 Å². The molecule has 1 amide bonds. The van der Waals surface area contributed by atoms with Crippen LogP contribution in [0.5, 0.6) is 0 Å². The van der Waals surface area contributed by atoms with E-state index in [9.17, 15) is 9.18 Å². The number of methoxy groups -OCH3 is 1. The van der Waals surface area contributed by atoms with E-state index in [1.807, 2.05) is 5.38 Å². The topological polar surface area (TPSA) is 63.7 Å². The van der Waals surface area contributed by atoms with E-state index in [2.05, 4.69) is 15.2 Å². The van der Waals surface area contributed by atoms with E-state index < -0.39 is 0 Å². The van der Waals surface area contributed by atoms with Crippen LogP contribution < -0.4 is 5.32 Å². The molecule has 0 aliphatic carbocycles. The number of nitrogens with zero attached hydrogens (tertiary/aromatic N) is 2. The molecule has 1 aromatic carbocycles. The summed E-state index contributed by atoms with van der Waals surface area (Å²) in [5.41, 5.74) is 1.36. The number of rotatable bonds is 5. The van der Waals surface area contributed by atoms with Crippen LogP contribution in [0.1, 0.15) is 19.3 Å². The van der Waals surface area contributed by atoms with Gasteiger partial charge in [0.25, 0.3) is 0 Å². The maximum absolute atomic E-state index is 13.1. The van der Waals surface area contributed by atoms with Crippen LogP contribution in [-0.2, 0) is 14.3 Å². The normalized spacial score (nSPS) is 25.3. The summed E-state index contributed by atoms with van der Waals surface area (Å²) in [6.45, 7) is 2.58. The fraction of sp³-hybridized carbons (Fsp3) is 0.500. The summed E-state index contributed by atoms with van der Waals surface area (Å²) in [6, 6.07) is 6.15. The van der Waals surface area contributed by atoms with Crippen molar-refractivity contribution in [3.63, 3.8) is 0 Å². The van der Waals surface area contributed by atoms with Gasteiger partial charge in [-0.3, -0.25) is 9.69 Å². The third-order valence-electron chi connectivity index (χ3n) is 5.54. The lowest BCUT2D eigenvalue weighted by molar-refractivity contribution is -0.145. The lowest BCUT2D eigenvalue weighted by Crippen LogP contribution is -2.57. The van der Waals surface area contributed by atoms with Gasteiger partial charge in [0.15, 0.2) is 5.13 Å². The second-order valence-electron chi connectivity index (χ2n) is 7.32. The van der Waals surface area contributed by atoms with Gasteiger partial charge in [0, 0.05) is 37.7 Å². The Bertz CT molecular complexity index is 820. The molecule has 2 atom stereocenters. The summed E-state index contributed by atoms with van der Waals surface area (Å²) in [7, 11) is 1.71. The Morgan fingerprint density at radius 1 is 1.43 bits per heavy atom. The van der Waals surface area contributed by atoms with E-state index in [1.165, 1.54) is 23.5 Å². The van der Waals surface area contributed by atoms with Crippen LogP contribution in [0.3, 0.4) is 0 Å². The fourth-order valence-corrected chi connectivity index (χ4v) is 4.79. The summed E-state index contributed by atoms with van der Waals surface area (Å²) < 4.78 is 24.7. The largest absolute Gasteiger partial charge is 0.377 e. The first-order valence-electron chi connectivity index (χ1n) is 9.48. The van der Waals surface area contributed by atoms with E-state index in [0.717, 1.165) is 43.7 Å². The molecule has 3 heterocycles. The molecule has 4 rings (SSSR count). The van der Waals surface area contributed by atoms with Crippen LogP contribution in [0, 0.1) is 5.82 Å². The summed E-state index contributed by atoms with van der Waals surface area (Å²) in [5.74, 6) is -0.383. The zero-order valence-corrected chi connectivity index (χ0v) is 16.6. The standard InChI is InChI=1S/C20H24FN3O3S/c1-26-17-11-24(9-8-20(17)7-2-10-27-20)12-18(25)23-19-22-16(13-28-19)14-3-5-15(21)6-4-14/h3-6,13,17H,2,7-12H2,1H3,(H,22,23,25). The molecule has 0 bridgehead atoms. The average Bonchev–Trinajstić information content (AvgIpc) is 3.34. The van der Waals surface area contributed by atoms with E-state index in [4.69, 9.17) is 9.47 Å². The lowest BCUT2D eigenvalue weighted by atomic mass is 9.86. The molecular weight excluding hydrogens is 381 g/mol. The number of likely N-dealkylation sites (tertiary alicyclic amines) is 1. The van der Waals surface area contributed by atoms with Gasteiger partial charge in [-0.25, -0.2) is 9.37 Å². The highest BCUT2D eigenvalue weighted by atomic mass is 32.1. The van der Waals surface area contributed by atoms with Crippen molar-refractivity contribution in [1.82, 2.24) is 9.88 Å². The molecule has 2 aliphatic rings. The number of anilines is 1. The molecule has 0 saturated carbocycles. The number of hydrogen-bond donors (Lipinski definition) is 1. The number of carbonyl (C=O) groups excluding carboxylic acids is 1. The van der Waals surface area contributed by atoms with Crippen LogP contribution in [0.15, 0.2) is 29.6 Å². The number of nitrogens with one attached hydrogen (secondary N) is 1. The Morgan fingerprint density at radius 2 is 2.25 bits per heavy atom. The minimum atomic E-state index is -0.284. The number of carbonyl (C=O) groups is 1. The van der Waals surface area contributed by atoms with E-state index in [0.29, 0.717) is 18.2 Å². The molecule has 2 aromatic rings. The molecule has 1 N–H and O–H groups in total. The Labute approximate surface area is 167 Å². The van der Waals surface area contributed by atoms with Gasteiger partial charge >= 0.3 is 0 Å². The van der Waals surface area contributed by atoms with E-state index in [1.54, 1.807) is 19.2 Å². The van der Waals surface area contributed by atoms with Crippen molar-refractivity contribution in [2.75, 3.05) is 38.7 Å². The van der Waals surface area contributed by atoms with Crippen LogP contribution in [0.25, 0.3) is 11.3 Å². The number of hydrogen-bond acceptors (Lipinski definition) is 6. The van der Waals surface area contributed by atoms with Crippen LogP contribution in [-0.4, -0.2) is 60.8 Å². The molecule has 1 spiro atoms. The monoisotopic (exact) mass is 405 g/mol. The molecule has 8 heteroatoms. The Balaban J connectivity index is 1.33. The predicted octanol–water partition coefficient (Wildman–Crippen LogP) is 3.16. The van der Waals surface area contributed by atoms with Gasteiger partial charge in [0.05, 0.1) is 23.9 Å². The molecule has 28 heavy (non-hydrogen) atoms. The molecule has 2 saturated heterocycles. The number of ether oxygens (including phenoxy) is 2. The first kappa shape index (κ1) is 19.4. The van der Waals surface area contributed by atoms with Gasteiger partial charge in [0.2, 0.25) is 5.91 Å². The molecule has 6 nitrogen and oxygen atoms in total. The highest BCUT2D eigenvalue weighted by molar-refractivity contribution is 7.14. The highest BCUT2D eigenvalue weighted by Gasteiger charge is 2.46. The van der Waals surface area contributed by atoms with Crippen molar-refractivity contribution in [3.8, 4) is 11.3 Å². The van der Waals surface area contributed by atoms with Crippen LogP contribution in [0.4, 0.5) is 9.52 Å². The molecular formula is C20H24FN3O3S. The summed E-state index contributed by atoms with van der Waals surface area (Å²) in [4.78, 5) is 19.0. The van der Waals surface area contributed by atoms with Crippen molar-refractivity contribution in [2.24, 2.45) is 0 Å². The number of amides is 1. The van der Waals surface area contributed by atoms with Gasteiger partial charge in [0.1, 0.15) is 5.82 Å². The van der Waals surface area contributed by atoms with Gasteiger partial charge in [-0.1, -0.05) is 0 Å². The molecule has 1 aromatic heterocycles. The first-order chi connectivity index (χ1) is 13.6. The third kappa shape index (κ3) is 4.10. The average molecular weight is 405 g/mol. The SMILES string of the molecule is COC1CN(CC(=O)Nc2nc(-c3ccc(F)cc3)cs2)CCC12CCCO2. The van der Waals surface area contributed by atoms with Gasteiger partial charge in [-0.15, -0.1) is 11.3 Å². The quantitative estimate of drug-likeness (QED) is 0.828. The highest BCUT2D eigenvalue weighted by Crippen LogP contribution is 2.37. The molecule has 2 aliphatic heterocycles. The van der Waals surface area contributed by atoms with Crippen molar-refractivity contribution in [3.05, 3.63) is 35.5 Å². The molecule has 0 radical (unpaired) electrons. The van der Waals surface area contributed by atoms with Crippen LogP contribution >= 0.6 is 11.3 Å². The number of piperidine rings is 1. The third-order valence-corrected chi connectivity index (χ3v) is 6.30. The zero-order valence-electron chi connectivity index (χ0n) is 15.8. The van der Waals surface area contributed by atoms with Gasteiger partial charge in [-0.2, -0.15) is 0 Å². The Morgan fingerprint density at radius 3 is 2.96 bits per heavy atom. The number of benzene rings is 1. The summed E-state index contributed by atoms with van der Waals surface area (Å²) >= 11 is 1.36. The fourth-order valence-electron chi connectivity index (χ4n) is 4.05. The Kier molecular flexibility index (Phi) is 5.73. The summed E-state index contributed by atoms with van der Waals surface area (Å²) in [6.07, 6.45) is 2.96. The maximum atomic E-state index is 13.1. The minimum absolute atomic E-state index is 0.0125. The first-order valence-corrected chi connectivity index (χ1v) is 10.4. The van der Waals surface area contributed by atoms with Gasteiger partial charge in [-0.05, 0) is 43.5 Å². The molecule has 150 valence electrons. The molecule has 2 fully saturated rings. The molecule has 2 unspecified atom stereocenters. The minimum Gasteiger partial charge on any atom is -0.377 e. The second-order valence-corrected chi connectivity index (χ2v) is 8.18.